The average molecular weight is 423 g/mol. The summed E-state index contributed by atoms with van der Waals surface area (Å²) >= 11 is 0. The number of carbonyl (C=O) groups excluding carboxylic acids is 1. The van der Waals surface area contributed by atoms with E-state index < -0.39 is 10.0 Å². The molecule has 3 aromatic carbocycles. The molecule has 4 aromatic rings. The van der Waals surface area contributed by atoms with Crippen LogP contribution in [-0.2, 0) is 10.0 Å². The zero-order valence-electron chi connectivity index (χ0n) is 16.6. The van der Waals surface area contributed by atoms with E-state index in [1.807, 2.05) is 25.1 Å². The van der Waals surface area contributed by atoms with Crippen LogP contribution in [0.4, 0.5) is 0 Å². The van der Waals surface area contributed by atoms with Crippen molar-refractivity contribution in [3.63, 3.8) is 0 Å². The van der Waals surface area contributed by atoms with Crippen LogP contribution in [0.25, 0.3) is 32.8 Å². The first-order valence-electron chi connectivity index (χ1n) is 9.33. The molecular formula is C21H21N5O3S. The SMILES string of the molecule is CN(C)CCNC(=O)c1cccc2nc3ccc4cc(S(N)(=O)=O)ccc4c3nc12. The molecule has 3 N–H and O–H groups in total. The Morgan fingerprint density at radius 1 is 1.03 bits per heavy atom. The first-order valence-corrected chi connectivity index (χ1v) is 10.9. The lowest BCUT2D eigenvalue weighted by Crippen LogP contribution is -2.31. The molecule has 0 spiro atoms. The van der Waals surface area contributed by atoms with Gasteiger partial charge < -0.3 is 10.2 Å². The highest BCUT2D eigenvalue weighted by Gasteiger charge is 2.15. The first kappa shape index (κ1) is 20.1. The van der Waals surface area contributed by atoms with Crippen molar-refractivity contribution in [2.45, 2.75) is 4.90 Å². The van der Waals surface area contributed by atoms with E-state index in [0.29, 0.717) is 39.6 Å². The zero-order chi connectivity index (χ0) is 21.5. The third-order valence-corrected chi connectivity index (χ3v) is 5.75. The second-order valence-corrected chi connectivity index (χ2v) is 8.88. The number of hydrogen-bond acceptors (Lipinski definition) is 6. The van der Waals surface area contributed by atoms with Crippen LogP contribution in [0.2, 0.25) is 0 Å². The van der Waals surface area contributed by atoms with Gasteiger partial charge in [-0.1, -0.05) is 18.2 Å². The molecule has 1 aromatic heterocycles. The highest BCUT2D eigenvalue weighted by atomic mass is 32.2. The van der Waals surface area contributed by atoms with E-state index in [1.165, 1.54) is 12.1 Å². The van der Waals surface area contributed by atoms with Crippen LogP contribution in [0.3, 0.4) is 0 Å². The fraction of sp³-hybridized carbons (Fsp3) is 0.190. The highest BCUT2D eigenvalue weighted by Crippen LogP contribution is 2.27. The number of rotatable bonds is 5. The molecule has 0 saturated heterocycles. The Labute approximate surface area is 173 Å². The highest BCUT2D eigenvalue weighted by molar-refractivity contribution is 7.89. The summed E-state index contributed by atoms with van der Waals surface area (Å²) in [6.07, 6.45) is 0. The topological polar surface area (TPSA) is 118 Å². The molecule has 0 atom stereocenters. The van der Waals surface area contributed by atoms with Gasteiger partial charge in [-0.05, 0) is 49.8 Å². The van der Waals surface area contributed by atoms with Crippen molar-refractivity contribution >= 4 is 48.8 Å². The van der Waals surface area contributed by atoms with Crippen molar-refractivity contribution in [1.82, 2.24) is 20.2 Å². The van der Waals surface area contributed by atoms with Crippen LogP contribution in [0, 0.1) is 0 Å². The molecule has 1 amide bonds. The number of fused-ring (bicyclic) bond motifs is 4. The number of amides is 1. The molecule has 0 fully saturated rings. The molecule has 0 unspecified atom stereocenters. The van der Waals surface area contributed by atoms with Gasteiger partial charge in [0.1, 0.15) is 5.52 Å². The van der Waals surface area contributed by atoms with Crippen molar-refractivity contribution < 1.29 is 13.2 Å². The van der Waals surface area contributed by atoms with Crippen LogP contribution < -0.4 is 10.5 Å². The van der Waals surface area contributed by atoms with E-state index in [4.69, 9.17) is 10.1 Å². The number of nitrogens with two attached hydrogens (primary N) is 1. The summed E-state index contributed by atoms with van der Waals surface area (Å²) < 4.78 is 23.3. The smallest absolute Gasteiger partial charge is 0.253 e. The lowest BCUT2D eigenvalue weighted by molar-refractivity contribution is 0.0952. The van der Waals surface area contributed by atoms with E-state index in [2.05, 4.69) is 10.3 Å². The molecule has 0 aliphatic carbocycles. The van der Waals surface area contributed by atoms with Gasteiger partial charge in [0.05, 0.1) is 27.0 Å². The van der Waals surface area contributed by atoms with Crippen molar-refractivity contribution in [2.24, 2.45) is 5.14 Å². The molecule has 0 aliphatic heterocycles. The summed E-state index contributed by atoms with van der Waals surface area (Å²) in [6, 6.07) is 13.5. The summed E-state index contributed by atoms with van der Waals surface area (Å²) in [4.78, 5) is 24.1. The van der Waals surface area contributed by atoms with Crippen molar-refractivity contribution in [1.29, 1.82) is 0 Å². The maximum Gasteiger partial charge on any atom is 0.253 e. The quantitative estimate of drug-likeness (QED) is 0.374. The number of aromatic nitrogens is 2. The van der Waals surface area contributed by atoms with E-state index in [-0.39, 0.29) is 10.8 Å². The summed E-state index contributed by atoms with van der Waals surface area (Å²) in [7, 11) is 0.0695. The minimum absolute atomic E-state index is 0.0315. The van der Waals surface area contributed by atoms with Crippen LogP contribution in [0.15, 0.2) is 53.4 Å². The van der Waals surface area contributed by atoms with Crippen LogP contribution >= 0.6 is 0 Å². The average Bonchev–Trinajstić information content (AvgIpc) is 2.70. The molecule has 0 bridgehead atoms. The zero-order valence-corrected chi connectivity index (χ0v) is 17.4. The Kier molecular flexibility index (Phi) is 5.10. The minimum Gasteiger partial charge on any atom is -0.351 e. The third-order valence-electron chi connectivity index (χ3n) is 4.84. The lowest BCUT2D eigenvalue weighted by Gasteiger charge is -2.12. The molecule has 0 saturated carbocycles. The Morgan fingerprint density at radius 2 is 1.80 bits per heavy atom. The number of sulfonamides is 1. The number of hydrogen-bond donors (Lipinski definition) is 2. The number of carbonyl (C=O) groups is 1. The summed E-state index contributed by atoms with van der Waals surface area (Å²) in [5.41, 5.74) is 2.80. The van der Waals surface area contributed by atoms with Crippen molar-refractivity contribution in [2.75, 3.05) is 27.2 Å². The molecule has 154 valence electrons. The van der Waals surface area contributed by atoms with Gasteiger partial charge >= 0.3 is 0 Å². The monoisotopic (exact) mass is 423 g/mol. The molecular weight excluding hydrogens is 402 g/mol. The molecule has 8 nitrogen and oxygen atoms in total. The number of benzene rings is 3. The molecule has 9 heteroatoms. The number of para-hydroxylation sites is 1. The largest absolute Gasteiger partial charge is 0.351 e. The number of primary sulfonamides is 1. The van der Waals surface area contributed by atoms with E-state index in [0.717, 1.165) is 11.9 Å². The van der Waals surface area contributed by atoms with Crippen molar-refractivity contribution in [3.05, 3.63) is 54.1 Å². The number of nitrogens with one attached hydrogen (secondary N) is 1. The van der Waals surface area contributed by atoms with Gasteiger partial charge in [0.2, 0.25) is 10.0 Å². The van der Waals surface area contributed by atoms with Gasteiger partial charge in [-0.2, -0.15) is 0 Å². The number of nitrogens with zero attached hydrogens (tertiary/aromatic N) is 3. The second kappa shape index (κ2) is 7.60. The lowest BCUT2D eigenvalue weighted by atomic mass is 10.1. The maximum absolute atomic E-state index is 12.7. The predicted octanol–water partition coefficient (Wildman–Crippen LogP) is 1.88. The van der Waals surface area contributed by atoms with E-state index >= 15 is 0 Å². The van der Waals surface area contributed by atoms with Gasteiger partial charge in [0.25, 0.3) is 5.91 Å². The molecule has 0 radical (unpaired) electrons. The maximum atomic E-state index is 12.7. The van der Waals surface area contributed by atoms with E-state index in [1.54, 1.807) is 30.3 Å². The minimum atomic E-state index is -3.81. The van der Waals surface area contributed by atoms with Gasteiger partial charge in [0.15, 0.2) is 0 Å². The summed E-state index contributed by atoms with van der Waals surface area (Å²) in [5, 5.41) is 9.56. The van der Waals surface area contributed by atoms with Gasteiger partial charge in [-0.3, -0.25) is 4.79 Å². The Bertz CT molecular complexity index is 1400. The van der Waals surface area contributed by atoms with Crippen LogP contribution in [0.5, 0.6) is 0 Å². The van der Waals surface area contributed by atoms with E-state index in [9.17, 15) is 13.2 Å². The molecule has 4 rings (SSSR count). The molecule has 30 heavy (non-hydrogen) atoms. The Morgan fingerprint density at radius 3 is 2.53 bits per heavy atom. The molecule has 1 heterocycles. The fourth-order valence-corrected chi connectivity index (χ4v) is 3.87. The normalized spacial score (nSPS) is 12.1. The second-order valence-electron chi connectivity index (χ2n) is 7.32. The van der Waals surface area contributed by atoms with Gasteiger partial charge in [-0.25, -0.2) is 23.5 Å². The summed E-state index contributed by atoms with van der Waals surface area (Å²) in [5.74, 6) is -0.215. The standard InChI is InChI=1S/C21H21N5O3S/c1-26(2)11-10-23-21(27)16-4-3-5-17-20(16)25-19-15-8-7-14(30(22,28)29)12-13(15)6-9-18(19)24-17/h3-9,12H,10-11H2,1-2H3,(H,23,27)(H2,22,28,29). The number of likely N-dealkylation sites (N-methyl/N-ethyl adjacent to an activating group) is 1. The molecule has 0 aliphatic rings. The fourth-order valence-electron chi connectivity index (χ4n) is 3.32. The third kappa shape index (κ3) is 3.82. The van der Waals surface area contributed by atoms with Crippen molar-refractivity contribution in [3.8, 4) is 0 Å². The Balaban J connectivity index is 1.87. The first-order chi connectivity index (χ1) is 14.2. The summed E-state index contributed by atoms with van der Waals surface area (Å²) in [6.45, 7) is 1.24. The Hall–Kier alpha value is -3.14. The predicted molar refractivity (Wildman–Crippen MR) is 117 cm³/mol. The van der Waals surface area contributed by atoms with Crippen LogP contribution in [-0.4, -0.2) is 56.4 Å². The van der Waals surface area contributed by atoms with Crippen LogP contribution in [0.1, 0.15) is 10.4 Å². The van der Waals surface area contributed by atoms with Gasteiger partial charge in [0, 0.05) is 18.5 Å². The van der Waals surface area contributed by atoms with Gasteiger partial charge in [-0.15, -0.1) is 0 Å².